The van der Waals surface area contributed by atoms with Gasteiger partial charge >= 0.3 is 6.03 Å². The van der Waals surface area contributed by atoms with Gasteiger partial charge < -0.3 is 19.4 Å². The van der Waals surface area contributed by atoms with E-state index in [1.165, 1.54) is 5.56 Å². The van der Waals surface area contributed by atoms with E-state index in [1.807, 2.05) is 74.2 Å². The number of carbonyl (C=O) groups excluding carboxylic acids is 1. The van der Waals surface area contributed by atoms with Gasteiger partial charge in [0.05, 0.1) is 12.3 Å². The van der Waals surface area contributed by atoms with Crippen LogP contribution in [0.2, 0.25) is 0 Å². The molecule has 4 rings (SSSR count). The van der Waals surface area contributed by atoms with Crippen LogP contribution in [0.25, 0.3) is 11.5 Å². The van der Waals surface area contributed by atoms with Crippen LogP contribution in [0.4, 0.5) is 10.5 Å². The van der Waals surface area contributed by atoms with Crippen LogP contribution in [0.3, 0.4) is 0 Å². The lowest BCUT2D eigenvalue weighted by Gasteiger charge is -2.34. The molecule has 2 amide bonds. The molecule has 0 saturated carbocycles. The van der Waals surface area contributed by atoms with Crippen LogP contribution in [-0.4, -0.2) is 53.6 Å². The monoisotopic (exact) mass is 434 g/mol. The average molecular weight is 435 g/mol. The number of aryl methyl sites for hydroxylation is 2. The molecule has 32 heavy (non-hydrogen) atoms. The molecule has 3 aromatic rings. The third kappa shape index (κ3) is 5.29. The van der Waals surface area contributed by atoms with Crippen molar-refractivity contribution in [1.29, 1.82) is 0 Å². The molecule has 0 spiro atoms. The highest BCUT2D eigenvalue weighted by Gasteiger charge is 2.23. The summed E-state index contributed by atoms with van der Waals surface area (Å²) in [6, 6.07) is 15.6. The number of rotatable bonds is 6. The maximum atomic E-state index is 12.6. The number of nitrogens with one attached hydrogen (secondary N) is 1. The molecule has 1 aliphatic heterocycles. The minimum Gasteiger partial charge on any atom is -0.494 e. The number of benzene rings is 2. The van der Waals surface area contributed by atoms with E-state index < -0.39 is 0 Å². The van der Waals surface area contributed by atoms with Crippen LogP contribution in [0.1, 0.15) is 23.9 Å². The minimum atomic E-state index is -0.0519. The second-order valence-corrected chi connectivity index (χ2v) is 8.04. The second-order valence-electron chi connectivity index (χ2n) is 8.04. The fourth-order valence-electron chi connectivity index (χ4n) is 3.72. The Morgan fingerprint density at radius 3 is 2.38 bits per heavy atom. The minimum absolute atomic E-state index is 0.0519. The van der Waals surface area contributed by atoms with Crippen LogP contribution in [0.5, 0.6) is 5.75 Å². The van der Waals surface area contributed by atoms with E-state index in [0.29, 0.717) is 32.1 Å². The number of aromatic nitrogens is 1. The van der Waals surface area contributed by atoms with Crippen molar-refractivity contribution in [3.05, 3.63) is 65.5 Å². The molecule has 2 heterocycles. The van der Waals surface area contributed by atoms with Crippen LogP contribution in [0.15, 0.2) is 52.9 Å². The van der Waals surface area contributed by atoms with E-state index in [1.54, 1.807) is 0 Å². The number of ether oxygens (including phenoxy) is 1. The fourth-order valence-corrected chi connectivity index (χ4v) is 3.72. The highest BCUT2D eigenvalue weighted by atomic mass is 16.5. The third-order valence-corrected chi connectivity index (χ3v) is 5.64. The van der Waals surface area contributed by atoms with Gasteiger partial charge in [-0.25, -0.2) is 9.78 Å². The Morgan fingerprint density at radius 2 is 1.72 bits per heavy atom. The summed E-state index contributed by atoms with van der Waals surface area (Å²) in [7, 11) is 0. The standard InChI is InChI=1S/C25H30N4O3/c1-4-31-22-11-7-20(8-12-22)24-27-23(19(3)32-24)17-28-13-15-29(16-14-28)25(30)26-21-9-5-18(2)6-10-21/h5-12H,4,13-17H2,1-3H3,(H,26,30). The summed E-state index contributed by atoms with van der Waals surface area (Å²) < 4.78 is 11.4. The Kier molecular flexibility index (Phi) is 6.75. The Bertz CT molecular complexity index is 1040. The molecule has 7 nitrogen and oxygen atoms in total. The molecule has 0 atom stereocenters. The Labute approximate surface area is 189 Å². The molecule has 1 saturated heterocycles. The number of urea groups is 1. The van der Waals surface area contributed by atoms with Crippen molar-refractivity contribution in [2.75, 3.05) is 38.1 Å². The first-order chi connectivity index (χ1) is 15.5. The van der Waals surface area contributed by atoms with Gasteiger partial charge in [-0.1, -0.05) is 17.7 Å². The van der Waals surface area contributed by atoms with Gasteiger partial charge in [0.1, 0.15) is 11.5 Å². The van der Waals surface area contributed by atoms with Crippen molar-refractivity contribution in [3.63, 3.8) is 0 Å². The summed E-state index contributed by atoms with van der Waals surface area (Å²) in [6.45, 7) is 10.3. The van der Waals surface area contributed by atoms with Gasteiger partial charge in [0.25, 0.3) is 0 Å². The van der Waals surface area contributed by atoms with Crippen LogP contribution >= 0.6 is 0 Å². The lowest BCUT2D eigenvalue weighted by molar-refractivity contribution is 0.141. The highest BCUT2D eigenvalue weighted by Crippen LogP contribution is 2.25. The maximum Gasteiger partial charge on any atom is 0.321 e. The van der Waals surface area contributed by atoms with E-state index in [4.69, 9.17) is 14.1 Å². The molecule has 7 heteroatoms. The van der Waals surface area contributed by atoms with Gasteiger partial charge in [0, 0.05) is 44.0 Å². The first-order valence-corrected chi connectivity index (χ1v) is 11.1. The van der Waals surface area contributed by atoms with Crippen molar-refractivity contribution < 1.29 is 13.9 Å². The van der Waals surface area contributed by atoms with Gasteiger partial charge in [-0.05, 0) is 57.2 Å². The summed E-state index contributed by atoms with van der Waals surface area (Å²) in [4.78, 5) is 21.4. The number of hydrogen-bond donors (Lipinski definition) is 1. The van der Waals surface area contributed by atoms with Crippen molar-refractivity contribution >= 4 is 11.7 Å². The van der Waals surface area contributed by atoms with Crippen molar-refractivity contribution in [2.45, 2.75) is 27.3 Å². The smallest absolute Gasteiger partial charge is 0.321 e. The van der Waals surface area contributed by atoms with E-state index >= 15 is 0 Å². The first kappa shape index (κ1) is 21.9. The summed E-state index contributed by atoms with van der Waals surface area (Å²) in [5, 5.41) is 2.98. The van der Waals surface area contributed by atoms with Gasteiger partial charge in [0.2, 0.25) is 5.89 Å². The van der Waals surface area contributed by atoms with Gasteiger partial charge in [-0.2, -0.15) is 0 Å². The zero-order valence-corrected chi connectivity index (χ0v) is 18.9. The summed E-state index contributed by atoms with van der Waals surface area (Å²) >= 11 is 0. The summed E-state index contributed by atoms with van der Waals surface area (Å²) in [5.74, 6) is 2.29. The lowest BCUT2D eigenvalue weighted by atomic mass is 10.2. The zero-order chi connectivity index (χ0) is 22.5. The molecular weight excluding hydrogens is 404 g/mol. The number of hydrogen-bond acceptors (Lipinski definition) is 5. The molecule has 0 aliphatic carbocycles. The second kappa shape index (κ2) is 9.87. The molecule has 0 radical (unpaired) electrons. The fraction of sp³-hybridized carbons (Fsp3) is 0.360. The molecule has 1 aliphatic rings. The highest BCUT2D eigenvalue weighted by molar-refractivity contribution is 5.89. The predicted octanol–water partition coefficient (Wildman–Crippen LogP) is 4.71. The number of anilines is 1. The Hall–Kier alpha value is -3.32. The lowest BCUT2D eigenvalue weighted by Crippen LogP contribution is -2.49. The molecule has 2 aromatic carbocycles. The molecule has 1 aromatic heterocycles. The van der Waals surface area contributed by atoms with E-state index in [0.717, 1.165) is 41.5 Å². The zero-order valence-electron chi connectivity index (χ0n) is 18.9. The van der Waals surface area contributed by atoms with Crippen molar-refractivity contribution in [1.82, 2.24) is 14.8 Å². The van der Waals surface area contributed by atoms with Crippen molar-refractivity contribution in [2.24, 2.45) is 0 Å². The Morgan fingerprint density at radius 1 is 1.03 bits per heavy atom. The SMILES string of the molecule is CCOc1ccc(-c2nc(CN3CCN(C(=O)Nc4ccc(C)cc4)CC3)c(C)o2)cc1. The first-order valence-electron chi connectivity index (χ1n) is 11.1. The van der Waals surface area contributed by atoms with Gasteiger partial charge in [-0.15, -0.1) is 0 Å². The Balaban J connectivity index is 1.31. The molecule has 1 fully saturated rings. The van der Waals surface area contributed by atoms with E-state index in [2.05, 4.69) is 10.2 Å². The topological polar surface area (TPSA) is 70.8 Å². The molecular formula is C25H30N4O3. The summed E-state index contributed by atoms with van der Waals surface area (Å²) in [6.07, 6.45) is 0. The van der Waals surface area contributed by atoms with Crippen LogP contribution in [-0.2, 0) is 6.54 Å². The number of nitrogens with zero attached hydrogens (tertiary/aromatic N) is 3. The van der Waals surface area contributed by atoms with E-state index in [-0.39, 0.29) is 6.03 Å². The van der Waals surface area contributed by atoms with Crippen molar-refractivity contribution in [3.8, 4) is 17.2 Å². The third-order valence-electron chi connectivity index (χ3n) is 5.64. The summed E-state index contributed by atoms with van der Waals surface area (Å²) in [5.41, 5.74) is 3.86. The number of amides is 2. The predicted molar refractivity (Wildman–Crippen MR) is 125 cm³/mol. The average Bonchev–Trinajstić information content (AvgIpc) is 3.16. The largest absolute Gasteiger partial charge is 0.494 e. The molecule has 0 bridgehead atoms. The molecule has 0 unspecified atom stereocenters. The normalized spacial score (nSPS) is 14.4. The van der Waals surface area contributed by atoms with Gasteiger partial charge in [0.15, 0.2) is 0 Å². The number of oxazole rings is 1. The number of carbonyl (C=O) groups is 1. The van der Waals surface area contributed by atoms with E-state index in [9.17, 15) is 4.79 Å². The maximum absolute atomic E-state index is 12.6. The van der Waals surface area contributed by atoms with Crippen LogP contribution < -0.4 is 10.1 Å². The van der Waals surface area contributed by atoms with Crippen LogP contribution in [0, 0.1) is 13.8 Å². The molecule has 1 N–H and O–H groups in total. The van der Waals surface area contributed by atoms with Gasteiger partial charge in [-0.3, -0.25) is 4.90 Å². The molecule has 168 valence electrons. The number of piperazine rings is 1. The quantitative estimate of drug-likeness (QED) is 0.609.